The Morgan fingerprint density at radius 3 is 2.41 bits per heavy atom. The third-order valence-electron chi connectivity index (χ3n) is 6.38. The monoisotopic (exact) mass is 457 g/mol. The molecule has 1 heterocycles. The van der Waals surface area contributed by atoms with E-state index in [1.807, 2.05) is 31.2 Å². The van der Waals surface area contributed by atoms with E-state index in [2.05, 4.69) is 45.5 Å². The van der Waals surface area contributed by atoms with Crippen LogP contribution in [0.1, 0.15) is 43.7 Å². The van der Waals surface area contributed by atoms with Crippen molar-refractivity contribution < 1.29 is 14.3 Å². The van der Waals surface area contributed by atoms with Gasteiger partial charge in [0.2, 0.25) is 5.91 Å². The Morgan fingerprint density at radius 2 is 1.79 bits per heavy atom. The van der Waals surface area contributed by atoms with Crippen LogP contribution in [0, 0.1) is 0 Å². The number of nitrogens with one attached hydrogen (secondary N) is 1. The average molecular weight is 458 g/mol. The SMILES string of the molecule is CCOc1ccc(C2(CNC(=O)C3(c4cccc(Br)c4)CC3)CCOCC2)cc1. The number of halogens is 1. The first-order valence-corrected chi connectivity index (χ1v) is 11.2. The van der Waals surface area contributed by atoms with Crippen molar-refractivity contribution in [3.8, 4) is 5.75 Å². The minimum atomic E-state index is -0.366. The molecule has 29 heavy (non-hydrogen) atoms. The molecule has 0 atom stereocenters. The van der Waals surface area contributed by atoms with E-state index in [0.29, 0.717) is 13.2 Å². The number of rotatable bonds is 7. The summed E-state index contributed by atoms with van der Waals surface area (Å²) in [6.45, 7) is 4.73. The van der Waals surface area contributed by atoms with Crippen molar-refractivity contribution >= 4 is 21.8 Å². The molecule has 4 nitrogen and oxygen atoms in total. The highest BCUT2D eigenvalue weighted by Crippen LogP contribution is 2.49. The van der Waals surface area contributed by atoms with Gasteiger partial charge in [-0.25, -0.2) is 0 Å². The van der Waals surface area contributed by atoms with E-state index in [0.717, 1.165) is 54.7 Å². The second-order valence-corrected chi connectivity index (χ2v) is 9.04. The maximum absolute atomic E-state index is 13.2. The number of ether oxygens (including phenoxy) is 2. The topological polar surface area (TPSA) is 47.6 Å². The molecule has 0 bridgehead atoms. The Balaban J connectivity index is 1.51. The van der Waals surface area contributed by atoms with Gasteiger partial charge in [-0.15, -0.1) is 0 Å². The lowest BCUT2D eigenvalue weighted by Crippen LogP contribution is -2.47. The zero-order valence-electron chi connectivity index (χ0n) is 16.9. The van der Waals surface area contributed by atoms with Crippen LogP contribution >= 0.6 is 15.9 Å². The van der Waals surface area contributed by atoms with Gasteiger partial charge in [0, 0.05) is 29.6 Å². The van der Waals surface area contributed by atoms with Gasteiger partial charge in [0.1, 0.15) is 5.75 Å². The highest BCUT2D eigenvalue weighted by molar-refractivity contribution is 9.10. The van der Waals surface area contributed by atoms with Crippen LogP contribution < -0.4 is 10.1 Å². The van der Waals surface area contributed by atoms with Crippen molar-refractivity contribution in [1.29, 1.82) is 0 Å². The van der Waals surface area contributed by atoms with Gasteiger partial charge in [-0.05, 0) is 68.0 Å². The van der Waals surface area contributed by atoms with E-state index < -0.39 is 0 Å². The minimum absolute atomic E-state index is 0.0913. The molecular weight excluding hydrogens is 430 g/mol. The highest BCUT2D eigenvalue weighted by atomic mass is 79.9. The zero-order valence-corrected chi connectivity index (χ0v) is 18.5. The first kappa shape index (κ1) is 20.4. The predicted octanol–water partition coefficient (Wildman–Crippen LogP) is 4.74. The molecule has 5 heteroatoms. The standard InChI is InChI=1S/C24H28BrNO3/c1-2-29-21-8-6-18(7-9-21)23(12-14-28-15-13-23)17-26-22(27)24(10-11-24)19-4-3-5-20(25)16-19/h3-9,16H,2,10-15,17H2,1H3,(H,26,27). The lowest BCUT2D eigenvalue weighted by molar-refractivity contribution is -0.124. The molecule has 0 spiro atoms. The summed E-state index contributed by atoms with van der Waals surface area (Å²) in [4.78, 5) is 13.2. The smallest absolute Gasteiger partial charge is 0.230 e. The van der Waals surface area contributed by atoms with E-state index >= 15 is 0 Å². The van der Waals surface area contributed by atoms with Crippen molar-refractivity contribution in [2.45, 2.75) is 43.4 Å². The molecule has 2 aliphatic rings. The van der Waals surface area contributed by atoms with Crippen LogP contribution in [0.15, 0.2) is 53.0 Å². The third-order valence-corrected chi connectivity index (χ3v) is 6.87. The summed E-state index contributed by atoms with van der Waals surface area (Å²) in [5.74, 6) is 1.03. The molecule has 4 rings (SSSR count). The first-order valence-electron chi connectivity index (χ1n) is 10.4. The van der Waals surface area contributed by atoms with Gasteiger partial charge in [0.25, 0.3) is 0 Å². The van der Waals surface area contributed by atoms with Crippen molar-refractivity contribution in [2.75, 3.05) is 26.4 Å². The van der Waals surface area contributed by atoms with Crippen LogP contribution in [0.3, 0.4) is 0 Å². The van der Waals surface area contributed by atoms with Gasteiger partial charge in [-0.3, -0.25) is 4.79 Å². The number of amides is 1. The predicted molar refractivity (Wildman–Crippen MR) is 117 cm³/mol. The first-order chi connectivity index (χ1) is 14.1. The fourth-order valence-corrected chi connectivity index (χ4v) is 4.78. The number of hydrogen-bond donors (Lipinski definition) is 1. The summed E-state index contributed by atoms with van der Waals surface area (Å²) in [5, 5.41) is 3.31. The van der Waals surface area contributed by atoms with Crippen LogP contribution in [0.25, 0.3) is 0 Å². The van der Waals surface area contributed by atoms with Crippen LogP contribution in [0.5, 0.6) is 5.75 Å². The van der Waals surface area contributed by atoms with E-state index in [1.165, 1.54) is 5.56 Å². The van der Waals surface area contributed by atoms with Crippen LogP contribution in [0.2, 0.25) is 0 Å². The van der Waals surface area contributed by atoms with Gasteiger partial charge in [0.15, 0.2) is 0 Å². The van der Waals surface area contributed by atoms with Crippen LogP contribution in [0.4, 0.5) is 0 Å². The van der Waals surface area contributed by atoms with Gasteiger partial charge in [0.05, 0.1) is 12.0 Å². The van der Waals surface area contributed by atoms with Gasteiger partial charge in [-0.1, -0.05) is 40.2 Å². The van der Waals surface area contributed by atoms with E-state index in [9.17, 15) is 4.79 Å². The number of benzene rings is 2. The summed E-state index contributed by atoms with van der Waals surface area (Å²) in [5.41, 5.74) is 1.89. The largest absolute Gasteiger partial charge is 0.494 e. The summed E-state index contributed by atoms with van der Waals surface area (Å²) in [7, 11) is 0. The summed E-state index contributed by atoms with van der Waals surface area (Å²) in [6.07, 6.45) is 3.64. The summed E-state index contributed by atoms with van der Waals surface area (Å²) in [6, 6.07) is 16.5. The molecule has 2 aromatic carbocycles. The third kappa shape index (κ3) is 4.22. The molecule has 1 aliphatic carbocycles. The van der Waals surface area contributed by atoms with Crippen molar-refractivity contribution in [2.24, 2.45) is 0 Å². The summed E-state index contributed by atoms with van der Waals surface area (Å²) < 4.78 is 12.2. The van der Waals surface area contributed by atoms with E-state index in [-0.39, 0.29) is 16.7 Å². The Bertz CT molecular complexity index is 855. The second kappa shape index (κ2) is 8.49. The Hall–Kier alpha value is -1.85. The molecule has 2 fully saturated rings. The van der Waals surface area contributed by atoms with Crippen molar-refractivity contribution in [1.82, 2.24) is 5.32 Å². The molecule has 1 aliphatic heterocycles. The lowest BCUT2D eigenvalue weighted by atomic mass is 9.74. The molecule has 1 N–H and O–H groups in total. The Labute approximate surface area is 181 Å². The summed E-state index contributed by atoms with van der Waals surface area (Å²) >= 11 is 3.53. The molecule has 0 aromatic heterocycles. The van der Waals surface area contributed by atoms with E-state index in [1.54, 1.807) is 0 Å². The fraction of sp³-hybridized carbons (Fsp3) is 0.458. The lowest BCUT2D eigenvalue weighted by Gasteiger charge is -2.38. The fourth-order valence-electron chi connectivity index (χ4n) is 4.38. The normalized spacial score (nSPS) is 19.4. The minimum Gasteiger partial charge on any atom is -0.494 e. The van der Waals surface area contributed by atoms with Gasteiger partial charge < -0.3 is 14.8 Å². The molecule has 1 saturated carbocycles. The number of carbonyl (C=O) groups is 1. The molecule has 154 valence electrons. The number of hydrogen-bond acceptors (Lipinski definition) is 3. The average Bonchev–Trinajstić information content (AvgIpc) is 3.56. The number of carbonyl (C=O) groups excluding carboxylic acids is 1. The van der Waals surface area contributed by atoms with Crippen molar-refractivity contribution in [3.05, 3.63) is 64.1 Å². The molecule has 0 radical (unpaired) electrons. The van der Waals surface area contributed by atoms with Gasteiger partial charge in [-0.2, -0.15) is 0 Å². The molecule has 1 amide bonds. The van der Waals surface area contributed by atoms with E-state index in [4.69, 9.17) is 9.47 Å². The van der Waals surface area contributed by atoms with Gasteiger partial charge >= 0.3 is 0 Å². The molecule has 1 saturated heterocycles. The second-order valence-electron chi connectivity index (χ2n) is 8.13. The molecule has 0 unspecified atom stereocenters. The highest BCUT2D eigenvalue weighted by Gasteiger charge is 2.51. The van der Waals surface area contributed by atoms with Crippen LogP contribution in [-0.2, 0) is 20.4 Å². The Kier molecular flexibility index (Phi) is 5.98. The molecule has 2 aromatic rings. The van der Waals surface area contributed by atoms with Crippen LogP contribution in [-0.4, -0.2) is 32.3 Å². The Morgan fingerprint density at radius 1 is 1.07 bits per heavy atom. The maximum atomic E-state index is 13.2. The zero-order chi connectivity index (χ0) is 20.3. The van der Waals surface area contributed by atoms with Crippen molar-refractivity contribution in [3.63, 3.8) is 0 Å². The maximum Gasteiger partial charge on any atom is 0.230 e. The quantitative estimate of drug-likeness (QED) is 0.652. The molecular formula is C24H28BrNO3.